The molecule has 6 heteroatoms. The minimum absolute atomic E-state index is 0.313. The van der Waals surface area contributed by atoms with Gasteiger partial charge in [0.1, 0.15) is 11.3 Å². The largest absolute Gasteiger partial charge is 0.478 e. The average molecular weight is 204 g/mol. The molecule has 0 unspecified atom stereocenters. The molecule has 0 radical (unpaired) electrons. The number of carbonyl (C=O) groups is 1. The SMILES string of the molecule is CCc1c(C(=O)O)c(C(F)F)nn1C. The molecule has 1 heterocycles. The maximum atomic E-state index is 12.4. The molecule has 0 fully saturated rings. The van der Waals surface area contributed by atoms with Crippen LogP contribution in [0.3, 0.4) is 0 Å². The molecule has 4 nitrogen and oxygen atoms in total. The van der Waals surface area contributed by atoms with Crippen LogP contribution in [0.4, 0.5) is 8.78 Å². The highest BCUT2D eigenvalue weighted by molar-refractivity contribution is 5.90. The van der Waals surface area contributed by atoms with E-state index in [-0.39, 0.29) is 5.56 Å². The summed E-state index contributed by atoms with van der Waals surface area (Å²) in [6, 6.07) is 0. The highest BCUT2D eigenvalue weighted by Gasteiger charge is 2.26. The van der Waals surface area contributed by atoms with E-state index in [0.29, 0.717) is 12.1 Å². The number of alkyl halides is 2. The van der Waals surface area contributed by atoms with Crippen molar-refractivity contribution in [1.29, 1.82) is 0 Å². The Labute approximate surface area is 79.2 Å². The number of aromatic nitrogens is 2. The van der Waals surface area contributed by atoms with Gasteiger partial charge in [0.25, 0.3) is 6.43 Å². The maximum absolute atomic E-state index is 12.4. The maximum Gasteiger partial charge on any atom is 0.339 e. The number of rotatable bonds is 3. The average Bonchev–Trinajstić information content (AvgIpc) is 2.42. The van der Waals surface area contributed by atoms with E-state index in [1.54, 1.807) is 6.92 Å². The molecule has 1 N–H and O–H groups in total. The van der Waals surface area contributed by atoms with E-state index in [4.69, 9.17) is 5.11 Å². The van der Waals surface area contributed by atoms with Crippen LogP contribution in [0.2, 0.25) is 0 Å². The smallest absolute Gasteiger partial charge is 0.339 e. The number of hydrogen-bond donors (Lipinski definition) is 1. The highest BCUT2D eigenvalue weighted by Crippen LogP contribution is 2.24. The second-order valence-corrected chi connectivity index (χ2v) is 2.79. The van der Waals surface area contributed by atoms with E-state index in [1.165, 1.54) is 11.7 Å². The Bertz CT molecular complexity index is 360. The normalized spacial score (nSPS) is 10.9. The molecule has 0 saturated heterocycles. The predicted octanol–water partition coefficient (Wildman–Crippen LogP) is 1.62. The van der Waals surface area contributed by atoms with Crippen LogP contribution < -0.4 is 0 Å². The van der Waals surface area contributed by atoms with Gasteiger partial charge < -0.3 is 5.11 Å². The van der Waals surface area contributed by atoms with Crippen molar-refractivity contribution in [1.82, 2.24) is 9.78 Å². The number of aromatic carboxylic acids is 1. The molecule has 0 spiro atoms. The Kier molecular flexibility index (Phi) is 2.83. The van der Waals surface area contributed by atoms with Gasteiger partial charge in [-0.2, -0.15) is 5.10 Å². The summed E-state index contributed by atoms with van der Waals surface area (Å²) in [6.45, 7) is 1.69. The van der Waals surface area contributed by atoms with Gasteiger partial charge in [-0.1, -0.05) is 6.92 Å². The molecule has 0 saturated carbocycles. The van der Waals surface area contributed by atoms with Crippen molar-refractivity contribution in [3.63, 3.8) is 0 Å². The molecular weight excluding hydrogens is 194 g/mol. The van der Waals surface area contributed by atoms with Crippen molar-refractivity contribution in [3.05, 3.63) is 17.0 Å². The zero-order valence-electron chi connectivity index (χ0n) is 7.79. The summed E-state index contributed by atoms with van der Waals surface area (Å²) in [5.74, 6) is -1.36. The fraction of sp³-hybridized carbons (Fsp3) is 0.500. The first-order valence-corrected chi connectivity index (χ1v) is 4.06. The van der Waals surface area contributed by atoms with Gasteiger partial charge in [-0.3, -0.25) is 4.68 Å². The predicted molar refractivity (Wildman–Crippen MR) is 44.5 cm³/mol. The minimum Gasteiger partial charge on any atom is -0.478 e. The van der Waals surface area contributed by atoms with Crippen molar-refractivity contribution >= 4 is 5.97 Å². The van der Waals surface area contributed by atoms with Gasteiger partial charge in [0.15, 0.2) is 0 Å². The Balaban J connectivity index is 3.37. The molecule has 0 bridgehead atoms. The topological polar surface area (TPSA) is 55.1 Å². The van der Waals surface area contributed by atoms with E-state index < -0.39 is 18.1 Å². The Hall–Kier alpha value is -1.46. The lowest BCUT2D eigenvalue weighted by molar-refractivity contribution is 0.0683. The summed E-state index contributed by atoms with van der Waals surface area (Å²) in [5.41, 5.74) is -0.713. The summed E-state index contributed by atoms with van der Waals surface area (Å²) in [7, 11) is 1.46. The van der Waals surface area contributed by atoms with Crippen molar-refractivity contribution in [2.75, 3.05) is 0 Å². The summed E-state index contributed by atoms with van der Waals surface area (Å²) >= 11 is 0. The van der Waals surface area contributed by atoms with Crippen molar-refractivity contribution < 1.29 is 18.7 Å². The molecular formula is C8H10F2N2O2. The molecule has 0 aromatic carbocycles. The second kappa shape index (κ2) is 3.73. The Morgan fingerprint density at radius 3 is 2.57 bits per heavy atom. The molecule has 0 amide bonds. The first kappa shape index (κ1) is 10.6. The summed E-state index contributed by atoms with van der Waals surface area (Å²) in [4.78, 5) is 10.7. The molecule has 78 valence electrons. The first-order valence-electron chi connectivity index (χ1n) is 4.06. The number of hydrogen-bond acceptors (Lipinski definition) is 2. The van der Waals surface area contributed by atoms with E-state index in [2.05, 4.69) is 5.10 Å². The van der Waals surface area contributed by atoms with Gasteiger partial charge in [-0.05, 0) is 6.42 Å². The third kappa shape index (κ3) is 1.59. The molecule has 0 atom stereocenters. The molecule has 1 rings (SSSR count). The van der Waals surface area contributed by atoms with Gasteiger partial charge in [-0.25, -0.2) is 13.6 Å². The fourth-order valence-electron chi connectivity index (χ4n) is 1.37. The van der Waals surface area contributed by atoms with Gasteiger partial charge in [0.2, 0.25) is 0 Å². The lowest BCUT2D eigenvalue weighted by atomic mass is 10.1. The van der Waals surface area contributed by atoms with E-state index in [1.807, 2.05) is 0 Å². The van der Waals surface area contributed by atoms with Crippen LogP contribution in [0.15, 0.2) is 0 Å². The fourth-order valence-corrected chi connectivity index (χ4v) is 1.37. The van der Waals surface area contributed by atoms with Crippen LogP contribution in [0.5, 0.6) is 0 Å². The molecule has 0 aliphatic rings. The number of carboxylic acids is 1. The van der Waals surface area contributed by atoms with E-state index in [0.717, 1.165) is 0 Å². The van der Waals surface area contributed by atoms with Gasteiger partial charge in [0.05, 0.1) is 5.69 Å². The second-order valence-electron chi connectivity index (χ2n) is 2.79. The molecule has 1 aromatic rings. The number of carboxylic acid groups (broad SMARTS) is 1. The van der Waals surface area contributed by atoms with Crippen LogP contribution in [0.25, 0.3) is 0 Å². The summed E-state index contributed by atoms with van der Waals surface area (Å²) in [5, 5.41) is 12.2. The zero-order chi connectivity index (χ0) is 10.9. The lowest BCUT2D eigenvalue weighted by Gasteiger charge is -1.98. The summed E-state index contributed by atoms with van der Waals surface area (Å²) in [6.07, 6.45) is -2.50. The molecule has 14 heavy (non-hydrogen) atoms. The highest BCUT2D eigenvalue weighted by atomic mass is 19.3. The number of nitrogens with zero attached hydrogens (tertiary/aromatic N) is 2. The Morgan fingerprint density at radius 2 is 2.21 bits per heavy atom. The van der Waals surface area contributed by atoms with Gasteiger partial charge in [0, 0.05) is 7.05 Å². The third-order valence-corrected chi connectivity index (χ3v) is 1.95. The van der Waals surface area contributed by atoms with Crippen molar-refractivity contribution in [3.8, 4) is 0 Å². The Morgan fingerprint density at radius 1 is 1.64 bits per heavy atom. The van der Waals surface area contributed by atoms with Crippen LogP contribution in [0, 0.1) is 0 Å². The van der Waals surface area contributed by atoms with E-state index in [9.17, 15) is 13.6 Å². The molecule has 0 aliphatic carbocycles. The number of aryl methyl sites for hydroxylation is 1. The summed E-state index contributed by atoms with van der Waals surface area (Å²) < 4.78 is 25.9. The quantitative estimate of drug-likeness (QED) is 0.813. The van der Waals surface area contributed by atoms with Crippen molar-refractivity contribution in [2.45, 2.75) is 19.8 Å². The standard InChI is InChI=1S/C8H10F2N2O2/c1-3-4-5(8(13)14)6(7(9)10)11-12(4)2/h7H,3H2,1-2H3,(H,13,14). The molecule has 1 aromatic heterocycles. The third-order valence-electron chi connectivity index (χ3n) is 1.95. The first-order chi connectivity index (χ1) is 6.49. The van der Waals surface area contributed by atoms with Gasteiger partial charge >= 0.3 is 5.97 Å². The van der Waals surface area contributed by atoms with Crippen molar-refractivity contribution in [2.24, 2.45) is 7.05 Å². The monoisotopic (exact) mass is 204 g/mol. The van der Waals surface area contributed by atoms with Crippen LogP contribution in [-0.4, -0.2) is 20.9 Å². The molecule has 0 aliphatic heterocycles. The zero-order valence-corrected chi connectivity index (χ0v) is 7.79. The lowest BCUT2D eigenvalue weighted by Crippen LogP contribution is -2.04. The van der Waals surface area contributed by atoms with Gasteiger partial charge in [-0.15, -0.1) is 0 Å². The van der Waals surface area contributed by atoms with Crippen LogP contribution >= 0.6 is 0 Å². The minimum atomic E-state index is -2.85. The number of halogens is 2. The van der Waals surface area contributed by atoms with E-state index >= 15 is 0 Å². The van der Waals surface area contributed by atoms with Crippen LogP contribution in [-0.2, 0) is 13.5 Å². The van der Waals surface area contributed by atoms with Crippen LogP contribution in [0.1, 0.15) is 35.1 Å².